The number of carbonyl (C=O) groups is 1. The first kappa shape index (κ1) is 14.2. The van der Waals surface area contributed by atoms with E-state index >= 15 is 0 Å². The highest BCUT2D eigenvalue weighted by Crippen LogP contribution is 2.40. The predicted molar refractivity (Wildman–Crippen MR) is 59.8 cm³/mol. The number of carbonyl (C=O) groups excluding carboxylic acids is 1. The van der Waals surface area contributed by atoms with E-state index in [1.54, 1.807) is 20.8 Å². The Morgan fingerprint density at radius 2 is 1.88 bits per heavy atom. The molecule has 0 aromatic rings. The fraction of sp³-hybridized carbons (Fsp3) is 0.900. The van der Waals surface area contributed by atoms with Crippen LogP contribution in [0.3, 0.4) is 0 Å². The Hall–Kier alpha value is -0.875. The van der Waals surface area contributed by atoms with E-state index in [4.69, 9.17) is 4.74 Å². The summed E-state index contributed by atoms with van der Waals surface area (Å²) < 4.78 is 42.4. The molecule has 2 unspecified atom stereocenters. The molecule has 0 aromatic carbocycles. The summed E-state index contributed by atoms with van der Waals surface area (Å²) >= 11 is 0. The van der Waals surface area contributed by atoms with Gasteiger partial charge in [0, 0.05) is 6.04 Å². The van der Waals surface area contributed by atoms with E-state index in [0.29, 0.717) is 6.42 Å². The molecule has 1 aliphatic carbocycles. The number of alkyl carbamates (subject to hydrolysis) is 1. The SMILES string of the molecule is CC(C)(C)OC(=O)NC1CCC([B-](F)(F)F)C1. The minimum atomic E-state index is -4.79. The van der Waals surface area contributed by atoms with Crippen molar-refractivity contribution in [3.05, 3.63) is 0 Å². The van der Waals surface area contributed by atoms with Crippen molar-refractivity contribution in [3.8, 4) is 0 Å². The average Bonchev–Trinajstić information content (AvgIpc) is 2.47. The quantitative estimate of drug-likeness (QED) is 0.766. The summed E-state index contributed by atoms with van der Waals surface area (Å²) in [6.45, 7) is 0.344. The highest BCUT2D eigenvalue weighted by Gasteiger charge is 2.40. The van der Waals surface area contributed by atoms with Crippen molar-refractivity contribution >= 4 is 13.1 Å². The van der Waals surface area contributed by atoms with Crippen LogP contribution in [-0.4, -0.2) is 24.7 Å². The normalized spacial score (nSPS) is 25.8. The maximum absolute atomic E-state index is 12.5. The Bertz CT molecular complexity index is 288. The summed E-state index contributed by atoms with van der Waals surface area (Å²) in [6, 6.07) is -0.418. The number of nitrogens with one attached hydrogen (secondary N) is 1. The summed E-state index contributed by atoms with van der Waals surface area (Å²) in [5, 5.41) is 2.49. The molecule has 1 rings (SSSR count). The van der Waals surface area contributed by atoms with Crippen LogP contribution in [0.5, 0.6) is 0 Å². The first-order valence-electron chi connectivity index (χ1n) is 5.77. The van der Waals surface area contributed by atoms with Gasteiger partial charge in [-0.25, -0.2) is 4.79 Å². The van der Waals surface area contributed by atoms with Crippen molar-refractivity contribution in [3.63, 3.8) is 0 Å². The smallest absolute Gasteiger partial charge is 0.449 e. The third-order valence-electron chi connectivity index (χ3n) is 2.73. The van der Waals surface area contributed by atoms with Crippen LogP contribution < -0.4 is 5.32 Å². The van der Waals surface area contributed by atoms with E-state index in [0.717, 1.165) is 0 Å². The first-order chi connectivity index (χ1) is 7.58. The van der Waals surface area contributed by atoms with E-state index in [2.05, 4.69) is 5.32 Å². The maximum Gasteiger partial charge on any atom is 0.481 e. The van der Waals surface area contributed by atoms with Gasteiger partial charge in [0.05, 0.1) is 0 Å². The predicted octanol–water partition coefficient (Wildman–Crippen LogP) is 3.28. The van der Waals surface area contributed by atoms with Crippen molar-refractivity contribution in [2.75, 3.05) is 0 Å². The zero-order chi connectivity index (χ0) is 13.3. The lowest BCUT2D eigenvalue weighted by Gasteiger charge is -2.23. The molecule has 1 N–H and O–H groups in total. The average molecular weight is 252 g/mol. The Morgan fingerprint density at radius 1 is 1.29 bits per heavy atom. The van der Waals surface area contributed by atoms with Gasteiger partial charge in [0.15, 0.2) is 0 Å². The number of amides is 1. The maximum atomic E-state index is 12.5. The molecule has 0 radical (unpaired) electrons. The summed E-state index contributed by atoms with van der Waals surface area (Å²) in [5.74, 6) is -1.24. The number of rotatable bonds is 2. The van der Waals surface area contributed by atoms with E-state index in [-0.39, 0.29) is 12.8 Å². The molecule has 1 saturated carbocycles. The second-order valence-electron chi connectivity index (χ2n) is 5.54. The monoisotopic (exact) mass is 252 g/mol. The van der Waals surface area contributed by atoms with Crippen LogP contribution in [0.4, 0.5) is 17.7 Å². The number of hydrogen-bond donors (Lipinski definition) is 1. The molecule has 1 fully saturated rings. The van der Waals surface area contributed by atoms with Gasteiger partial charge in [-0.1, -0.05) is 18.7 Å². The van der Waals surface area contributed by atoms with Crippen LogP contribution in [0.2, 0.25) is 5.82 Å². The molecule has 1 aliphatic rings. The zero-order valence-corrected chi connectivity index (χ0v) is 10.3. The van der Waals surface area contributed by atoms with Crippen molar-refractivity contribution in [2.24, 2.45) is 0 Å². The summed E-state index contributed by atoms with van der Waals surface area (Å²) in [7, 11) is 0. The second kappa shape index (κ2) is 4.78. The standard InChI is InChI=1S/C10H18BF3NO2/c1-10(2,3)17-9(16)15-8-5-4-7(6-8)11(12,13)14/h7-8H,4-6H2,1-3H3,(H,15,16)/q-1. The van der Waals surface area contributed by atoms with Gasteiger partial charge in [0.25, 0.3) is 0 Å². The molecule has 17 heavy (non-hydrogen) atoms. The Morgan fingerprint density at radius 3 is 2.29 bits per heavy atom. The highest BCUT2D eigenvalue weighted by atomic mass is 19.4. The topological polar surface area (TPSA) is 38.3 Å². The van der Waals surface area contributed by atoms with Gasteiger partial charge in [0.1, 0.15) is 5.60 Å². The van der Waals surface area contributed by atoms with Gasteiger partial charge in [-0.05, 0) is 27.2 Å². The Kier molecular flexibility index (Phi) is 3.99. The molecule has 7 heteroatoms. The highest BCUT2D eigenvalue weighted by molar-refractivity contribution is 6.60. The molecular formula is C10H18BF3NO2-. The molecule has 0 spiro atoms. The van der Waals surface area contributed by atoms with E-state index in [1.165, 1.54) is 0 Å². The molecule has 2 atom stereocenters. The largest absolute Gasteiger partial charge is 0.481 e. The van der Waals surface area contributed by atoms with Gasteiger partial charge >= 0.3 is 13.1 Å². The minimum Gasteiger partial charge on any atom is -0.449 e. The van der Waals surface area contributed by atoms with Crippen LogP contribution in [0, 0.1) is 0 Å². The second-order valence-corrected chi connectivity index (χ2v) is 5.54. The molecule has 100 valence electrons. The molecule has 0 aliphatic heterocycles. The third-order valence-corrected chi connectivity index (χ3v) is 2.73. The molecule has 0 heterocycles. The lowest BCUT2D eigenvalue weighted by molar-refractivity contribution is 0.0505. The minimum absolute atomic E-state index is 0.0251. The lowest BCUT2D eigenvalue weighted by Crippen LogP contribution is -2.38. The first-order valence-corrected chi connectivity index (χ1v) is 5.77. The van der Waals surface area contributed by atoms with Crippen LogP contribution in [0.15, 0.2) is 0 Å². The van der Waals surface area contributed by atoms with Gasteiger partial charge in [-0.2, -0.15) is 0 Å². The van der Waals surface area contributed by atoms with Crippen LogP contribution in [0.1, 0.15) is 40.0 Å². The van der Waals surface area contributed by atoms with E-state index in [9.17, 15) is 17.7 Å². The van der Waals surface area contributed by atoms with Gasteiger partial charge in [-0.3, -0.25) is 0 Å². The molecule has 0 bridgehead atoms. The fourth-order valence-electron chi connectivity index (χ4n) is 1.97. The Balaban J connectivity index is 2.38. The summed E-state index contributed by atoms with van der Waals surface area (Å²) in [4.78, 5) is 11.4. The van der Waals surface area contributed by atoms with Crippen molar-refractivity contribution in [1.29, 1.82) is 0 Å². The van der Waals surface area contributed by atoms with Gasteiger partial charge in [-0.15, -0.1) is 0 Å². The molecule has 0 saturated heterocycles. The third kappa shape index (κ3) is 4.87. The molecule has 3 nitrogen and oxygen atoms in total. The van der Waals surface area contributed by atoms with Crippen LogP contribution in [0.25, 0.3) is 0 Å². The van der Waals surface area contributed by atoms with Gasteiger partial charge in [0.2, 0.25) is 0 Å². The molecule has 1 amide bonds. The van der Waals surface area contributed by atoms with Crippen molar-refractivity contribution in [2.45, 2.75) is 57.5 Å². The fourth-order valence-corrected chi connectivity index (χ4v) is 1.97. The van der Waals surface area contributed by atoms with Crippen molar-refractivity contribution < 1.29 is 22.5 Å². The Labute approximate surface area is 99.1 Å². The van der Waals surface area contributed by atoms with Gasteiger partial charge < -0.3 is 23.0 Å². The van der Waals surface area contributed by atoms with Crippen molar-refractivity contribution in [1.82, 2.24) is 5.32 Å². The number of halogens is 3. The molecule has 0 aromatic heterocycles. The zero-order valence-electron chi connectivity index (χ0n) is 10.3. The lowest BCUT2D eigenvalue weighted by atomic mass is 9.71. The van der Waals surface area contributed by atoms with E-state index in [1.807, 2.05) is 0 Å². The summed E-state index contributed by atoms with van der Waals surface area (Å²) in [6.07, 6.45) is -0.199. The summed E-state index contributed by atoms with van der Waals surface area (Å²) in [5.41, 5.74) is -0.629. The van der Waals surface area contributed by atoms with Crippen LogP contribution in [-0.2, 0) is 4.74 Å². The number of ether oxygens (including phenoxy) is 1. The van der Waals surface area contributed by atoms with E-state index < -0.39 is 30.5 Å². The van der Waals surface area contributed by atoms with Crippen LogP contribution >= 0.6 is 0 Å². The molecular weight excluding hydrogens is 234 g/mol. The number of hydrogen-bond acceptors (Lipinski definition) is 2.